The van der Waals surface area contributed by atoms with Crippen molar-refractivity contribution in [1.29, 1.82) is 0 Å². The van der Waals surface area contributed by atoms with Crippen LogP contribution in [0.5, 0.6) is 0 Å². The van der Waals surface area contributed by atoms with Gasteiger partial charge in [-0.05, 0) is 45.8 Å². The Bertz CT molecular complexity index is 688. The SMILES string of the molecule is O=C(NCC(O)c1ccc([N+](=O)[O-])cc1)c1ccccc1Br. The van der Waals surface area contributed by atoms with Gasteiger partial charge >= 0.3 is 0 Å². The third-order valence-corrected chi connectivity index (χ3v) is 3.75. The summed E-state index contributed by atoms with van der Waals surface area (Å²) < 4.78 is 0.664. The minimum atomic E-state index is -0.938. The predicted molar refractivity (Wildman–Crippen MR) is 84.5 cm³/mol. The zero-order valence-corrected chi connectivity index (χ0v) is 13.0. The average molecular weight is 365 g/mol. The van der Waals surface area contributed by atoms with Crippen LogP contribution < -0.4 is 5.32 Å². The maximum absolute atomic E-state index is 12.0. The van der Waals surface area contributed by atoms with E-state index in [9.17, 15) is 20.0 Å². The first-order chi connectivity index (χ1) is 10.5. The Morgan fingerprint density at radius 1 is 1.23 bits per heavy atom. The number of non-ortho nitro benzene ring substituents is 1. The predicted octanol–water partition coefficient (Wildman–Crippen LogP) is 2.82. The molecule has 2 aromatic carbocycles. The molecular weight excluding hydrogens is 352 g/mol. The Morgan fingerprint density at radius 2 is 1.86 bits per heavy atom. The van der Waals surface area contributed by atoms with Gasteiger partial charge in [-0.3, -0.25) is 14.9 Å². The molecule has 2 aromatic rings. The van der Waals surface area contributed by atoms with Crippen LogP contribution in [0.1, 0.15) is 22.0 Å². The molecule has 0 aliphatic carbocycles. The fourth-order valence-corrected chi connectivity index (χ4v) is 2.33. The molecule has 0 aromatic heterocycles. The number of nitrogens with zero attached hydrogens (tertiary/aromatic N) is 1. The normalized spacial score (nSPS) is 11.7. The standard InChI is InChI=1S/C15H13BrN2O4/c16-13-4-2-1-3-12(13)15(20)17-9-14(19)10-5-7-11(8-6-10)18(21)22/h1-8,14,19H,9H2,(H,17,20). The molecule has 1 unspecified atom stereocenters. The van der Waals surface area contributed by atoms with E-state index in [4.69, 9.17) is 0 Å². The van der Waals surface area contributed by atoms with Crippen molar-refractivity contribution in [2.24, 2.45) is 0 Å². The van der Waals surface area contributed by atoms with E-state index in [1.165, 1.54) is 24.3 Å². The van der Waals surface area contributed by atoms with E-state index >= 15 is 0 Å². The van der Waals surface area contributed by atoms with Gasteiger partial charge < -0.3 is 10.4 Å². The first kappa shape index (κ1) is 16.1. The summed E-state index contributed by atoms with van der Waals surface area (Å²) in [6.07, 6.45) is -0.938. The molecule has 7 heteroatoms. The monoisotopic (exact) mass is 364 g/mol. The number of nitro groups is 1. The quantitative estimate of drug-likeness (QED) is 0.630. The fraction of sp³-hybridized carbons (Fsp3) is 0.133. The number of nitrogens with one attached hydrogen (secondary N) is 1. The number of carbonyl (C=O) groups excluding carboxylic acids is 1. The zero-order valence-electron chi connectivity index (χ0n) is 11.4. The third kappa shape index (κ3) is 3.90. The van der Waals surface area contributed by atoms with Gasteiger partial charge in [-0.25, -0.2) is 0 Å². The second-order valence-electron chi connectivity index (χ2n) is 4.55. The summed E-state index contributed by atoms with van der Waals surface area (Å²) in [6.45, 7) is 0.0119. The number of rotatable bonds is 5. The zero-order chi connectivity index (χ0) is 16.1. The Balaban J connectivity index is 1.97. The number of aliphatic hydroxyl groups excluding tert-OH is 1. The molecule has 0 aliphatic heterocycles. The maximum atomic E-state index is 12.0. The van der Waals surface area contributed by atoms with E-state index in [-0.39, 0.29) is 18.1 Å². The lowest BCUT2D eigenvalue weighted by Gasteiger charge is -2.12. The topological polar surface area (TPSA) is 92.5 Å². The number of benzene rings is 2. The summed E-state index contributed by atoms with van der Waals surface area (Å²) in [5.74, 6) is -0.312. The van der Waals surface area contributed by atoms with E-state index in [0.717, 1.165) is 0 Å². The minimum Gasteiger partial charge on any atom is -0.387 e. The van der Waals surface area contributed by atoms with Crippen LogP contribution in [0.4, 0.5) is 5.69 Å². The molecule has 1 atom stereocenters. The molecule has 0 saturated heterocycles. The number of hydrogen-bond acceptors (Lipinski definition) is 4. The Labute approximate surface area is 135 Å². The fourth-order valence-electron chi connectivity index (χ4n) is 1.87. The molecule has 0 aliphatic rings. The maximum Gasteiger partial charge on any atom is 0.269 e. The Kier molecular flexibility index (Phi) is 5.24. The lowest BCUT2D eigenvalue weighted by molar-refractivity contribution is -0.384. The van der Waals surface area contributed by atoms with Gasteiger partial charge in [-0.2, -0.15) is 0 Å². The minimum absolute atomic E-state index is 0.0119. The van der Waals surface area contributed by atoms with E-state index in [1.54, 1.807) is 24.3 Å². The summed E-state index contributed by atoms with van der Waals surface area (Å²) >= 11 is 3.28. The second-order valence-corrected chi connectivity index (χ2v) is 5.41. The van der Waals surface area contributed by atoms with E-state index in [0.29, 0.717) is 15.6 Å². The highest BCUT2D eigenvalue weighted by atomic mass is 79.9. The molecule has 0 fully saturated rings. The highest BCUT2D eigenvalue weighted by Gasteiger charge is 2.14. The highest BCUT2D eigenvalue weighted by Crippen LogP contribution is 2.18. The summed E-state index contributed by atoms with van der Waals surface area (Å²) in [5, 5.41) is 23.2. The number of hydrogen-bond donors (Lipinski definition) is 2. The van der Waals surface area contributed by atoms with Crippen LogP contribution in [0.2, 0.25) is 0 Å². The van der Waals surface area contributed by atoms with Crippen molar-refractivity contribution < 1.29 is 14.8 Å². The average Bonchev–Trinajstić information content (AvgIpc) is 2.52. The number of aliphatic hydroxyl groups is 1. The van der Waals surface area contributed by atoms with Crippen molar-refractivity contribution in [3.05, 3.63) is 74.2 Å². The van der Waals surface area contributed by atoms with Crippen LogP contribution in [0, 0.1) is 10.1 Å². The Morgan fingerprint density at radius 3 is 2.45 bits per heavy atom. The number of carbonyl (C=O) groups is 1. The van der Waals surface area contributed by atoms with Crippen molar-refractivity contribution in [2.45, 2.75) is 6.10 Å². The molecule has 1 amide bonds. The summed E-state index contributed by atoms with van der Waals surface area (Å²) in [5.41, 5.74) is 0.921. The molecule has 0 radical (unpaired) electrons. The molecule has 114 valence electrons. The molecule has 2 N–H and O–H groups in total. The molecule has 0 bridgehead atoms. The smallest absolute Gasteiger partial charge is 0.269 e. The van der Waals surface area contributed by atoms with Gasteiger partial charge in [0.05, 0.1) is 16.6 Å². The van der Waals surface area contributed by atoms with E-state index in [2.05, 4.69) is 21.2 Å². The van der Waals surface area contributed by atoms with Crippen LogP contribution in [-0.4, -0.2) is 22.5 Å². The van der Waals surface area contributed by atoms with E-state index < -0.39 is 11.0 Å². The lowest BCUT2D eigenvalue weighted by Crippen LogP contribution is -2.28. The van der Waals surface area contributed by atoms with Crippen molar-refractivity contribution in [3.63, 3.8) is 0 Å². The second kappa shape index (κ2) is 7.15. The van der Waals surface area contributed by atoms with Crippen LogP contribution in [-0.2, 0) is 0 Å². The van der Waals surface area contributed by atoms with Gasteiger partial charge in [0.1, 0.15) is 0 Å². The molecule has 22 heavy (non-hydrogen) atoms. The lowest BCUT2D eigenvalue weighted by atomic mass is 10.1. The number of halogens is 1. The van der Waals surface area contributed by atoms with Crippen LogP contribution in [0.25, 0.3) is 0 Å². The molecule has 0 heterocycles. The molecule has 0 saturated carbocycles. The summed E-state index contributed by atoms with van der Waals surface area (Å²) in [6, 6.07) is 12.5. The van der Waals surface area contributed by atoms with Gasteiger partial charge in [0.2, 0.25) is 0 Å². The van der Waals surface area contributed by atoms with Gasteiger partial charge in [-0.1, -0.05) is 12.1 Å². The summed E-state index contributed by atoms with van der Waals surface area (Å²) in [4.78, 5) is 22.1. The van der Waals surface area contributed by atoms with Crippen LogP contribution >= 0.6 is 15.9 Å². The van der Waals surface area contributed by atoms with Gasteiger partial charge in [0.25, 0.3) is 11.6 Å². The summed E-state index contributed by atoms with van der Waals surface area (Å²) in [7, 11) is 0. The highest BCUT2D eigenvalue weighted by molar-refractivity contribution is 9.10. The first-order valence-electron chi connectivity index (χ1n) is 6.44. The van der Waals surface area contributed by atoms with Crippen molar-refractivity contribution in [2.75, 3.05) is 6.54 Å². The molecule has 2 rings (SSSR count). The van der Waals surface area contributed by atoms with Crippen molar-refractivity contribution in [1.82, 2.24) is 5.32 Å². The van der Waals surface area contributed by atoms with Crippen molar-refractivity contribution >= 4 is 27.5 Å². The molecule has 0 spiro atoms. The van der Waals surface area contributed by atoms with Gasteiger partial charge in [0, 0.05) is 23.2 Å². The largest absolute Gasteiger partial charge is 0.387 e. The third-order valence-electron chi connectivity index (χ3n) is 3.06. The van der Waals surface area contributed by atoms with Crippen LogP contribution in [0.15, 0.2) is 53.0 Å². The molecule has 6 nitrogen and oxygen atoms in total. The molecular formula is C15H13BrN2O4. The Hall–Kier alpha value is -2.25. The van der Waals surface area contributed by atoms with Crippen molar-refractivity contribution in [3.8, 4) is 0 Å². The van der Waals surface area contributed by atoms with Gasteiger partial charge in [0.15, 0.2) is 0 Å². The first-order valence-corrected chi connectivity index (χ1v) is 7.23. The number of amides is 1. The van der Waals surface area contributed by atoms with E-state index in [1.807, 2.05) is 0 Å². The number of nitro benzene ring substituents is 1. The van der Waals surface area contributed by atoms with Crippen LogP contribution in [0.3, 0.4) is 0 Å². The van der Waals surface area contributed by atoms with Gasteiger partial charge in [-0.15, -0.1) is 0 Å².